The normalized spacial score (nSPS) is 13.5. The summed E-state index contributed by atoms with van der Waals surface area (Å²) in [6.07, 6.45) is 1.99. The van der Waals surface area contributed by atoms with E-state index in [0.717, 1.165) is 34.8 Å². The van der Waals surface area contributed by atoms with Gasteiger partial charge in [-0.2, -0.15) is 0 Å². The molecular weight excluding hydrogens is 713 g/mol. The molecule has 0 radical (unpaired) electrons. The molecule has 0 fully saturated rings. The van der Waals surface area contributed by atoms with Gasteiger partial charge in [0.2, 0.25) is 0 Å². The lowest BCUT2D eigenvalue weighted by molar-refractivity contribution is 0.654. The van der Waals surface area contributed by atoms with Gasteiger partial charge < -0.3 is 4.42 Å². The molecule has 0 amide bonds. The lowest BCUT2D eigenvalue weighted by atomic mass is 9.79. The molecule has 0 saturated carbocycles. The lowest BCUT2D eigenvalue weighted by Crippen LogP contribution is -2.15. The second kappa shape index (κ2) is 14.1. The van der Waals surface area contributed by atoms with Crippen molar-refractivity contribution in [2.75, 3.05) is 0 Å². The van der Waals surface area contributed by atoms with E-state index < -0.39 is 0 Å². The average molecular weight is 757 g/mol. The van der Waals surface area contributed by atoms with E-state index >= 15 is 0 Å². The first-order valence-corrected chi connectivity index (χ1v) is 20.9. The van der Waals surface area contributed by atoms with Crippen LogP contribution in [-0.2, 0) is 11.8 Å². The summed E-state index contributed by atoms with van der Waals surface area (Å²) in [4.78, 5) is 0. The maximum absolute atomic E-state index is 6.10. The van der Waals surface area contributed by atoms with Crippen molar-refractivity contribution < 1.29 is 4.42 Å². The van der Waals surface area contributed by atoms with E-state index in [0.29, 0.717) is 0 Å². The van der Waals surface area contributed by atoms with Gasteiger partial charge in [-0.3, -0.25) is 0 Å². The number of aryl methyl sites for hydroxylation is 1. The first-order chi connectivity index (χ1) is 29.0. The fraction of sp³-hybridized carbons (Fsp3) is 0.103. The van der Waals surface area contributed by atoms with Gasteiger partial charge in [-0.15, -0.1) is 0 Å². The Morgan fingerprint density at radius 1 is 0.407 bits per heavy atom. The van der Waals surface area contributed by atoms with Gasteiger partial charge in [0.1, 0.15) is 11.2 Å². The Labute approximate surface area is 346 Å². The second-order valence-electron chi connectivity index (χ2n) is 16.8. The van der Waals surface area contributed by atoms with Gasteiger partial charge >= 0.3 is 0 Å². The Morgan fingerprint density at radius 2 is 0.983 bits per heavy atom. The van der Waals surface area contributed by atoms with Crippen molar-refractivity contribution in [2.24, 2.45) is 0 Å². The van der Waals surface area contributed by atoms with Crippen LogP contribution in [0.2, 0.25) is 0 Å². The fourth-order valence-electron chi connectivity index (χ4n) is 9.77. The van der Waals surface area contributed by atoms with Crippen LogP contribution in [0.5, 0.6) is 0 Å². The van der Waals surface area contributed by atoms with Crippen molar-refractivity contribution in [2.45, 2.75) is 38.0 Å². The van der Waals surface area contributed by atoms with Crippen molar-refractivity contribution in [1.82, 2.24) is 0 Å². The Kier molecular flexibility index (Phi) is 8.45. The largest absolute Gasteiger partial charge is 0.456 e. The third kappa shape index (κ3) is 6.17. The molecule has 1 aliphatic carbocycles. The Balaban J connectivity index is 0.893. The highest BCUT2D eigenvalue weighted by Gasteiger charge is 2.35. The van der Waals surface area contributed by atoms with Crippen LogP contribution < -0.4 is 0 Å². The first kappa shape index (κ1) is 35.2. The fourth-order valence-corrected chi connectivity index (χ4v) is 9.77. The number of para-hydroxylation sites is 1. The van der Waals surface area contributed by atoms with Gasteiger partial charge in [0.15, 0.2) is 0 Å². The smallest absolute Gasteiger partial charge is 0.135 e. The highest BCUT2D eigenvalue weighted by atomic mass is 16.3. The summed E-state index contributed by atoms with van der Waals surface area (Å²) in [7, 11) is 0. The van der Waals surface area contributed by atoms with Crippen molar-refractivity contribution in [1.29, 1.82) is 0 Å². The summed E-state index contributed by atoms with van der Waals surface area (Å²) in [6, 6.07) is 73.9. The molecule has 1 atom stereocenters. The minimum atomic E-state index is -0.0455. The van der Waals surface area contributed by atoms with E-state index in [1.54, 1.807) is 0 Å². The number of hydrogen-bond donors (Lipinski definition) is 0. The van der Waals surface area contributed by atoms with Crippen LogP contribution in [0.25, 0.3) is 77.2 Å². The quantitative estimate of drug-likeness (QED) is 0.150. The summed E-state index contributed by atoms with van der Waals surface area (Å²) in [6.45, 7) is 4.76. The summed E-state index contributed by atoms with van der Waals surface area (Å²) in [5.41, 5.74) is 18.9. The van der Waals surface area contributed by atoms with E-state index in [4.69, 9.17) is 4.42 Å². The van der Waals surface area contributed by atoms with Gasteiger partial charge in [0.05, 0.1) is 0 Å². The molecule has 282 valence electrons. The van der Waals surface area contributed by atoms with Gasteiger partial charge in [-0.1, -0.05) is 196 Å². The number of fused-ring (bicyclic) bond motifs is 7. The maximum atomic E-state index is 6.10. The van der Waals surface area contributed by atoms with Crippen LogP contribution in [0.3, 0.4) is 0 Å². The van der Waals surface area contributed by atoms with Crippen molar-refractivity contribution >= 4 is 32.7 Å². The molecular formula is C58H44O. The molecule has 59 heavy (non-hydrogen) atoms. The van der Waals surface area contributed by atoms with Crippen molar-refractivity contribution in [3.8, 4) is 44.5 Å². The molecule has 10 aromatic rings. The highest BCUT2D eigenvalue weighted by molar-refractivity contribution is 6.06. The Bertz CT molecular complexity index is 3160. The molecule has 1 aliphatic rings. The van der Waals surface area contributed by atoms with E-state index in [-0.39, 0.29) is 11.3 Å². The molecule has 0 N–H and O–H groups in total. The molecule has 0 bridgehead atoms. The predicted octanol–water partition coefficient (Wildman–Crippen LogP) is 15.8. The number of rotatable bonds is 8. The zero-order valence-corrected chi connectivity index (χ0v) is 33.5. The topological polar surface area (TPSA) is 13.1 Å². The number of furan rings is 1. The van der Waals surface area contributed by atoms with Crippen molar-refractivity contribution in [3.05, 3.63) is 228 Å². The van der Waals surface area contributed by atoms with Gasteiger partial charge in [-0.05, 0) is 114 Å². The second-order valence-corrected chi connectivity index (χ2v) is 16.8. The average Bonchev–Trinajstić information content (AvgIpc) is 3.78. The molecule has 0 aliphatic heterocycles. The van der Waals surface area contributed by atoms with E-state index in [1.165, 1.54) is 83.1 Å². The minimum absolute atomic E-state index is 0.0455. The summed E-state index contributed by atoms with van der Waals surface area (Å²) in [5.74, 6) is 0.249. The van der Waals surface area contributed by atoms with Gasteiger partial charge in [0.25, 0.3) is 0 Å². The van der Waals surface area contributed by atoms with E-state index in [2.05, 4.69) is 202 Å². The minimum Gasteiger partial charge on any atom is -0.456 e. The van der Waals surface area contributed by atoms with Crippen LogP contribution >= 0.6 is 0 Å². The molecule has 1 aromatic heterocycles. The molecule has 1 unspecified atom stereocenters. The highest BCUT2D eigenvalue weighted by Crippen LogP contribution is 2.50. The first-order valence-electron chi connectivity index (χ1n) is 20.9. The molecule has 1 nitrogen and oxygen atoms in total. The van der Waals surface area contributed by atoms with Crippen molar-refractivity contribution in [3.63, 3.8) is 0 Å². The third-order valence-corrected chi connectivity index (χ3v) is 13.0. The van der Waals surface area contributed by atoms with Gasteiger partial charge in [0, 0.05) is 22.1 Å². The number of benzene rings is 9. The summed E-state index contributed by atoms with van der Waals surface area (Å²) < 4.78 is 6.10. The van der Waals surface area contributed by atoms with Crippen LogP contribution in [-0.4, -0.2) is 0 Å². The van der Waals surface area contributed by atoms with Crippen LogP contribution in [0.4, 0.5) is 0 Å². The van der Waals surface area contributed by atoms with Crippen LogP contribution in [0, 0.1) is 0 Å². The zero-order valence-electron chi connectivity index (χ0n) is 33.5. The number of hydrogen-bond acceptors (Lipinski definition) is 1. The monoisotopic (exact) mass is 756 g/mol. The standard InChI is InChI=1S/C58H44O/c1-58(2)54-16-7-5-13-50(54)51-34-31-46(37-55(51)58)47(33-20-38-18-21-41(22-19-38)45-32-35-57-53(36-45)52-14-6-8-17-56(52)59-57)43-27-23-39(24-28-43)40-25-29-44(30-26-40)49-15-9-11-42-10-3-4-12-48(42)49/h3-19,21-32,34-37,47H,20,33H2,1-2H3. The molecule has 0 spiro atoms. The van der Waals surface area contributed by atoms with E-state index in [9.17, 15) is 0 Å². The lowest BCUT2D eigenvalue weighted by Gasteiger charge is -2.24. The van der Waals surface area contributed by atoms with Crippen LogP contribution in [0.1, 0.15) is 54.0 Å². The van der Waals surface area contributed by atoms with E-state index in [1.807, 2.05) is 12.1 Å². The Morgan fingerprint density at radius 3 is 1.81 bits per heavy atom. The SMILES string of the molecule is CC1(C)c2ccccc2-c2ccc(C(CCc3ccc(-c4ccc5oc6ccccc6c5c4)cc3)c3ccc(-c4ccc(-c5cccc6ccccc56)cc4)cc3)cc21. The maximum Gasteiger partial charge on any atom is 0.135 e. The summed E-state index contributed by atoms with van der Waals surface area (Å²) in [5, 5.41) is 4.88. The van der Waals surface area contributed by atoms with Gasteiger partial charge in [-0.25, -0.2) is 0 Å². The summed E-state index contributed by atoms with van der Waals surface area (Å²) >= 11 is 0. The molecule has 0 saturated heterocycles. The molecule has 1 heterocycles. The van der Waals surface area contributed by atoms with Crippen LogP contribution in [0.15, 0.2) is 205 Å². The predicted molar refractivity (Wildman–Crippen MR) is 248 cm³/mol. The Hall–Kier alpha value is -6.96. The molecule has 11 rings (SSSR count). The zero-order chi connectivity index (χ0) is 39.5. The third-order valence-electron chi connectivity index (χ3n) is 13.0. The molecule has 1 heteroatoms. The molecule has 9 aromatic carbocycles.